The monoisotopic (exact) mass is 490 g/mol. The Bertz CT molecular complexity index is 1180. The lowest BCUT2D eigenvalue weighted by molar-refractivity contribution is -0.137. The molecule has 1 aliphatic rings. The van der Waals surface area contributed by atoms with Gasteiger partial charge in [0.2, 0.25) is 5.91 Å². The zero-order chi connectivity index (χ0) is 25.2. The predicted molar refractivity (Wildman–Crippen MR) is 120 cm³/mol. The number of primary amides is 1. The van der Waals surface area contributed by atoms with Gasteiger partial charge in [-0.15, -0.1) is 0 Å². The number of aryl methyl sites for hydroxylation is 2. The predicted octanol–water partition coefficient (Wildman–Crippen LogP) is 4.74. The van der Waals surface area contributed by atoms with Crippen LogP contribution in [0.1, 0.15) is 40.4 Å². The fraction of sp³-hybridized carbons (Fsp3) is 0.320. The van der Waals surface area contributed by atoms with Crippen LogP contribution >= 0.6 is 0 Å². The number of aromatic nitrogens is 2. The number of rotatable bonds is 7. The molecule has 1 saturated heterocycles. The third kappa shape index (κ3) is 5.75. The van der Waals surface area contributed by atoms with Crippen molar-refractivity contribution in [2.45, 2.75) is 44.1 Å². The standard InChI is InChI=1S/C25H23F5N4O/c26-19-12-21(17-6-8-18(9-7-17)25(28,29)30)34(13-19)24-23(27)20(32-14-33-24)10-5-15-1-3-16(4-2-15)11-22(31)35/h1-4,6-9,14,19,21H,5,10-13H2,(H2,31,35)/t19-,21+/m1/s1. The Balaban J connectivity index is 1.52. The van der Waals surface area contributed by atoms with Crippen LogP contribution in [-0.4, -0.2) is 28.6 Å². The molecule has 0 radical (unpaired) electrons. The molecule has 1 aliphatic heterocycles. The van der Waals surface area contributed by atoms with E-state index in [4.69, 9.17) is 5.73 Å². The van der Waals surface area contributed by atoms with Crippen molar-refractivity contribution in [3.8, 4) is 0 Å². The van der Waals surface area contributed by atoms with Crippen LogP contribution in [0.5, 0.6) is 0 Å². The molecule has 5 nitrogen and oxygen atoms in total. The first-order valence-electron chi connectivity index (χ1n) is 11.0. The van der Waals surface area contributed by atoms with Gasteiger partial charge in [0.25, 0.3) is 0 Å². The fourth-order valence-electron chi connectivity index (χ4n) is 4.29. The summed E-state index contributed by atoms with van der Waals surface area (Å²) in [5.41, 5.74) is 6.68. The second-order valence-electron chi connectivity index (χ2n) is 8.54. The molecule has 2 heterocycles. The van der Waals surface area contributed by atoms with Crippen LogP contribution < -0.4 is 10.6 Å². The van der Waals surface area contributed by atoms with Gasteiger partial charge in [0.15, 0.2) is 11.6 Å². The van der Waals surface area contributed by atoms with E-state index >= 15 is 4.39 Å². The van der Waals surface area contributed by atoms with Crippen molar-refractivity contribution in [3.05, 3.63) is 88.6 Å². The molecule has 3 aromatic rings. The van der Waals surface area contributed by atoms with Gasteiger partial charge in [-0.1, -0.05) is 36.4 Å². The van der Waals surface area contributed by atoms with Gasteiger partial charge in [-0.3, -0.25) is 4.79 Å². The van der Waals surface area contributed by atoms with Crippen LogP contribution in [0.2, 0.25) is 0 Å². The number of nitrogens with two attached hydrogens (primary N) is 1. The van der Waals surface area contributed by atoms with E-state index in [2.05, 4.69) is 9.97 Å². The highest BCUT2D eigenvalue weighted by Crippen LogP contribution is 2.39. The van der Waals surface area contributed by atoms with E-state index in [9.17, 15) is 22.4 Å². The summed E-state index contributed by atoms with van der Waals surface area (Å²) in [5.74, 6) is -1.18. The topological polar surface area (TPSA) is 72.1 Å². The normalized spacial score (nSPS) is 18.1. The highest BCUT2D eigenvalue weighted by molar-refractivity contribution is 5.76. The van der Waals surface area contributed by atoms with E-state index < -0.39 is 35.7 Å². The molecule has 35 heavy (non-hydrogen) atoms. The number of hydrogen-bond acceptors (Lipinski definition) is 4. The number of alkyl halides is 4. The Labute approximate surface area is 198 Å². The number of halogens is 5. The Morgan fingerprint density at radius 3 is 2.29 bits per heavy atom. The van der Waals surface area contributed by atoms with Crippen molar-refractivity contribution in [3.63, 3.8) is 0 Å². The molecule has 0 saturated carbocycles. The third-order valence-corrected chi connectivity index (χ3v) is 6.04. The van der Waals surface area contributed by atoms with Crippen molar-refractivity contribution >= 4 is 11.7 Å². The molecule has 2 N–H and O–H groups in total. The molecule has 184 valence electrons. The molecule has 0 aliphatic carbocycles. The Kier molecular flexibility index (Phi) is 7.00. The SMILES string of the molecule is NC(=O)Cc1ccc(CCc2ncnc(N3C[C@H](F)C[C@H]3c3ccc(C(F)(F)F)cc3)c2F)cc1. The maximum Gasteiger partial charge on any atom is 0.416 e. The van der Waals surface area contributed by atoms with Crippen molar-refractivity contribution in [2.24, 2.45) is 5.73 Å². The van der Waals surface area contributed by atoms with Gasteiger partial charge in [0.05, 0.1) is 30.3 Å². The second-order valence-corrected chi connectivity index (χ2v) is 8.54. The minimum atomic E-state index is -4.48. The number of carbonyl (C=O) groups is 1. The molecule has 1 aromatic heterocycles. The van der Waals surface area contributed by atoms with Crippen LogP contribution in [0, 0.1) is 5.82 Å². The summed E-state index contributed by atoms with van der Waals surface area (Å²) in [6.45, 7) is -0.125. The molecule has 1 amide bonds. The van der Waals surface area contributed by atoms with Gasteiger partial charge in [0, 0.05) is 6.42 Å². The number of amides is 1. The quantitative estimate of drug-likeness (QED) is 0.486. The zero-order valence-corrected chi connectivity index (χ0v) is 18.6. The van der Waals surface area contributed by atoms with Crippen molar-refractivity contribution in [2.75, 3.05) is 11.4 Å². The Morgan fingerprint density at radius 2 is 1.66 bits per heavy atom. The van der Waals surface area contributed by atoms with E-state index in [0.717, 1.165) is 23.3 Å². The maximum atomic E-state index is 15.4. The zero-order valence-electron chi connectivity index (χ0n) is 18.6. The van der Waals surface area contributed by atoms with Gasteiger partial charge in [-0.05, 0) is 41.7 Å². The van der Waals surface area contributed by atoms with E-state index in [-0.39, 0.29) is 37.3 Å². The average molecular weight is 490 g/mol. The molecule has 1 fully saturated rings. The van der Waals surface area contributed by atoms with Crippen molar-refractivity contribution in [1.29, 1.82) is 0 Å². The molecule has 2 atom stereocenters. The fourth-order valence-corrected chi connectivity index (χ4v) is 4.29. The molecule has 10 heteroatoms. The first-order chi connectivity index (χ1) is 16.6. The Hall–Kier alpha value is -3.56. The number of hydrogen-bond donors (Lipinski definition) is 1. The first kappa shape index (κ1) is 24.6. The molecule has 4 rings (SSSR count). The van der Waals surface area contributed by atoms with E-state index in [1.165, 1.54) is 23.4 Å². The summed E-state index contributed by atoms with van der Waals surface area (Å²) in [6.07, 6.45) is -3.67. The summed E-state index contributed by atoms with van der Waals surface area (Å²) < 4.78 is 68.5. The first-order valence-corrected chi connectivity index (χ1v) is 11.0. The highest BCUT2D eigenvalue weighted by Gasteiger charge is 2.37. The number of nitrogens with zero attached hydrogens (tertiary/aromatic N) is 3. The molecular formula is C25H23F5N4O. The van der Waals surface area contributed by atoms with Crippen LogP contribution in [0.3, 0.4) is 0 Å². The van der Waals surface area contributed by atoms with E-state index in [1.807, 2.05) is 12.1 Å². The van der Waals surface area contributed by atoms with Gasteiger partial charge in [0.1, 0.15) is 12.5 Å². The minimum absolute atomic E-state index is 0.0157. The lowest BCUT2D eigenvalue weighted by Gasteiger charge is -2.26. The second kappa shape index (κ2) is 9.97. The lowest BCUT2D eigenvalue weighted by atomic mass is 10.0. The third-order valence-electron chi connectivity index (χ3n) is 6.04. The summed E-state index contributed by atoms with van der Waals surface area (Å²) in [7, 11) is 0. The average Bonchev–Trinajstić information content (AvgIpc) is 3.20. The van der Waals surface area contributed by atoms with Crippen LogP contribution in [0.15, 0.2) is 54.9 Å². The molecule has 2 aromatic carbocycles. The number of anilines is 1. The largest absolute Gasteiger partial charge is 0.416 e. The van der Waals surface area contributed by atoms with Gasteiger partial charge < -0.3 is 10.6 Å². The molecular weight excluding hydrogens is 467 g/mol. The number of benzene rings is 2. The minimum Gasteiger partial charge on any atom is -0.369 e. The smallest absolute Gasteiger partial charge is 0.369 e. The summed E-state index contributed by atoms with van der Waals surface area (Å²) >= 11 is 0. The Morgan fingerprint density at radius 1 is 1.00 bits per heavy atom. The molecule has 0 spiro atoms. The van der Waals surface area contributed by atoms with Gasteiger partial charge >= 0.3 is 6.18 Å². The van der Waals surface area contributed by atoms with Crippen molar-refractivity contribution < 1.29 is 26.7 Å². The highest BCUT2D eigenvalue weighted by atomic mass is 19.4. The molecule has 0 bridgehead atoms. The van der Waals surface area contributed by atoms with E-state index in [1.54, 1.807) is 12.1 Å². The van der Waals surface area contributed by atoms with Crippen LogP contribution in [0.4, 0.5) is 27.8 Å². The maximum absolute atomic E-state index is 15.4. The lowest BCUT2D eigenvalue weighted by Crippen LogP contribution is -2.26. The molecule has 0 unspecified atom stereocenters. The van der Waals surface area contributed by atoms with Crippen molar-refractivity contribution in [1.82, 2.24) is 9.97 Å². The number of carbonyl (C=O) groups excluding carboxylic acids is 1. The van der Waals surface area contributed by atoms with Crippen LogP contribution in [-0.2, 0) is 30.2 Å². The van der Waals surface area contributed by atoms with E-state index in [0.29, 0.717) is 12.0 Å². The summed E-state index contributed by atoms with van der Waals surface area (Å²) in [6, 6.07) is 11.0. The van der Waals surface area contributed by atoms with Crippen LogP contribution in [0.25, 0.3) is 0 Å². The summed E-state index contributed by atoms with van der Waals surface area (Å²) in [4.78, 5) is 20.6. The summed E-state index contributed by atoms with van der Waals surface area (Å²) in [5, 5.41) is 0. The van der Waals surface area contributed by atoms with Gasteiger partial charge in [-0.2, -0.15) is 13.2 Å². The van der Waals surface area contributed by atoms with Gasteiger partial charge in [-0.25, -0.2) is 18.7 Å².